The van der Waals surface area contributed by atoms with E-state index in [0.29, 0.717) is 0 Å². The minimum absolute atomic E-state index is 0.0258. The van der Waals surface area contributed by atoms with Crippen molar-refractivity contribution in [2.45, 2.75) is 38.5 Å². The maximum absolute atomic E-state index is 2.49. The average Bonchev–Trinajstić information content (AvgIpc) is 3.45. The quantitative estimate of drug-likeness (QED) is 0.223. The molecule has 0 spiro atoms. The molecule has 0 atom stereocenters. The number of para-hydroxylation sites is 2. The lowest BCUT2D eigenvalue weighted by Crippen LogP contribution is -2.24. The van der Waals surface area contributed by atoms with Gasteiger partial charge in [0.2, 0.25) is 0 Å². The van der Waals surface area contributed by atoms with Gasteiger partial charge in [0.15, 0.2) is 0 Å². The Kier molecular flexibility index (Phi) is 3.87. The molecule has 37 heavy (non-hydrogen) atoms. The standard InChI is InChI=1S/C36H29N/c1-35(2)29-16-10-8-14-23(29)25-18-19-26-27-20-28-24-15-9-11-17-31(24)37(22-12-6-5-7-13-22)32(28)21-30(27)36(3,4)34(26)33(25)35/h5-21H,1-4H3. The molecule has 1 heteroatoms. The predicted molar refractivity (Wildman–Crippen MR) is 156 cm³/mol. The van der Waals surface area contributed by atoms with Crippen LogP contribution >= 0.6 is 0 Å². The fraction of sp³-hybridized carbons (Fsp3) is 0.167. The van der Waals surface area contributed by atoms with Crippen molar-refractivity contribution in [2.24, 2.45) is 0 Å². The second kappa shape index (κ2) is 6.81. The highest BCUT2D eigenvalue weighted by Crippen LogP contribution is 2.59. The van der Waals surface area contributed by atoms with Gasteiger partial charge >= 0.3 is 0 Å². The van der Waals surface area contributed by atoms with E-state index in [0.717, 1.165) is 0 Å². The van der Waals surface area contributed by atoms with Gasteiger partial charge in [-0.1, -0.05) is 100 Å². The number of hydrogen-bond donors (Lipinski definition) is 0. The molecule has 2 aliphatic rings. The maximum atomic E-state index is 2.49. The SMILES string of the molecule is CC1(C)c2ccccc2-c2ccc3c(c21)C(C)(C)c1cc2c(cc1-3)c1ccccc1n2-c1ccccc1. The van der Waals surface area contributed by atoms with Crippen molar-refractivity contribution in [3.8, 4) is 27.9 Å². The van der Waals surface area contributed by atoms with Crippen LogP contribution in [0.2, 0.25) is 0 Å². The molecule has 1 nitrogen and oxygen atoms in total. The molecule has 0 amide bonds. The van der Waals surface area contributed by atoms with Crippen molar-refractivity contribution in [3.63, 3.8) is 0 Å². The smallest absolute Gasteiger partial charge is 0.0544 e. The predicted octanol–water partition coefficient (Wildman–Crippen LogP) is 9.40. The fourth-order valence-corrected chi connectivity index (χ4v) is 7.49. The van der Waals surface area contributed by atoms with Gasteiger partial charge in [0.1, 0.15) is 0 Å². The Hall–Kier alpha value is -4.10. The number of nitrogens with zero attached hydrogens (tertiary/aromatic N) is 1. The van der Waals surface area contributed by atoms with E-state index < -0.39 is 0 Å². The molecule has 0 radical (unpaired) electrons. The minimum Gasteiger partial charge on any atom is -0.309 e. The van der Waals surface area contributed by atoms with Gasteiger partial charge in [-0.15, -0.1) is 0 Å². The largest absolute Gasteiger partial charge is 0.309 e. The third-order valence-electron chi connectivity index (χ3n) is 9.14. The van der Waals surface area contributed by atoms with E-state index in [4.69, 9.17) is 0 Å². The summed E-state index contributed by atoms with van der Waals surface area (Å²) in [6.45, 7) is 9.67. The topological polar surface area (TPSA) is 4.93 Å². The number of hydrogen-bond acceptors (Lipinski definition) is 0. The van der Waals surface area contributed by atoms with E-state index in [-0.39, 0.29) is 10.8 Å². The molecule has 178 valence electrons. The highest BCUT2D eigenvalue weighted by atomic mass is 15.0. The van der Waals surface area contributed by atoms with Crippen molar-refractivity contribution >= 4 is 21.8 Å². The molecule has 8 rings (SSSR count). The molecule has 1 heterocycles. The summed E-state index contributed by atoms with van der Waals surface area (Å²) in [4.78, 5) is 0. The van der Waals surface area contributed by atoms with Crippen molar-refractivity contribution in [1.82, 2.24) is 4.57 Å². The van der Waals surface area contributed by atoms with E-state index in [9.17, 15) is 0 Å². The summed E-state index contributed by atoms with van der Waals surface area (Å²) in [5.41, 5.74) is 15.1. The first-order chi connectivity index (χ1) is 17.9. The first-order valence-corrected chi connectivity index (χ1v) is 13.3. The molecular formula is C36H29N. The van der Waals surface area contributed by atoms with Crippen LogP contribution in [0.4, 0.5) is 0 Å². The molecule has 5 aromatic carbocycles. The first-order valence-electron chi connectivity index (χ1n) is 13.3. The summed E-state index contributed by atoms with van der Waals surface area (Å²) in [6, 6.07) is 38.3. The Bertz CT molecular complexity index is 1910. The molecule has 0 aliphatic heterocycles. The summed E-state index contributed by atoms with van der Waals surface area (Å²) in [6.07, 6.45) is 0. The van der Waals surface area contributed by atoms with Gasteiger partial charge < -0.3 is 4.57 Å². The monoisotopic (exact) mass is 475 g/mol. The van der Waals surface area contributed by atoms with Gasteiger partial charge in [0.25, 0.3) is 0 Å². The molecule has 0 N–H and O–H groups in total. The summed E-state index contributed by atoms with van der Waals surface area (Å²) >= 11 is 0. The van der Waals surface area contributed by atoms with Crippen molar-refractivity contribution in [2.75, 3.05) is 0 Å². The average molecular weight is 476 g/mol. The first kappa shape index (κ1) is 21.0. The van der Waals surface area contributed by atoms with Gasteiger partial charge in [-0.3, -0.25) is 0 Å². The van der Waals surface area contributed by atoms with Crippen LogP contribution in [0.1, 0.15) is 49.9 Å². The van der Waals surface area contributed by atoms with E-state index >= 15 is 0 Å². The third-order valence-corrected chi connectivity index (χ3v) is 9.14. The molecule has 6 aromatic rings. The van der Waals surface area contributed by atoms with Crippen LogP contribution in [0.15, 0.2) is 103 Å². The molecule has 0 saturated carbocycles. The minimum atomic E-state index is -0.0957. The molecule has 2 aliphatic carbocycles. The van der Waals surface area contributed by atoms with Gasteiger partial charge in [0, 0.05) is 27.3 Å². The summed E-state index contributed by atoms with van der Waals surface area (Å²) < 4.78 is 2.44. The second-order valence-corrected chi connectivity index (χ2v) is 11.8. The van der Waals surface area contributed by atoms with Crippen LogP contribution in [0.5, 0.6) is 0 Å². The van der Waals surface area contributed by atoms with Crippen LogP contribution in [0, 0.1) is 0 Å². The second-order valence-electron chi connectivity index (χ2n) is 11.8. The van der Waals surface area contributed by atoms with Gasteiger partial charge in [-0.2, -0.15) is 0 Å². The molecule has 0 saturated heterocycles. The van der Waals surface area contributed by atoms with Crippen LogP contribution in [0.25, 0.3) is 49.7 Å². The zero-order valence-electron chi connectivity index (χ0n) is 21.8. The van der Waals surface area contributed by atoms with Crippen molar-refractivity contribution in [3.05, 3.63) is 125 Å². The molecular weight excluding hydrogens is 446 g/mol. The summed E-state index contributed by atoms with van der Waals surface area (Å²) in [7, 11) is 0. The third kappa shape index (κ3) is 2.50. The highest BCUT2D eigenvalue weighted by molar-refractivity contribution is 6.12. The number of aromatic nitrogens is 1. The molecule has 0 fully saturated rings. The maximum Gasteiger partial charge on any atom is 0.0544 e. The normalized spacial score (nSPS) is 16.0. The number of fused-ring (bicyclic) bond motifs is 10. The van der Waals surface area contributed by atoms with Gasteiger partial charge in [-0.25, -0.2) is 0 Å². The van der Waals surface area contributed by atoms with Gasteiger partial charge in [-0.05, 0) is 74.8 Å². The Labute approximate surface area is 218 Å². The lowest BCUT2D eigenvalue weighted by Gasteiger charge is -2.30. The Morgan fingerprint density at radius 2 is 1.08 bits per heavy atom. The summed E-state index contributed by atoms with van der Waals surface area (Å²) in [5, 5.41) is 2.63. The Balaban J connectivity index is 1.47. The highest BCUT2D eigenvalue weighted by Gasteiger charge is 2.45. The molecule has 1 aromatic heterocycles. The van der Waals surface area contributed by atoms with Crippen LogP contribution in [0.3, 0.4) is 0 Å². The number of rotatable bonds is 1. The van der Waals surface area contributed by atoms with E-state index in [1.54, 1.807) is 0 Å². The van der Waals surface area contributed by atoms with Crippen molar-refractivity contribution < 1.29 is 0 Å². The zero-order valence-corrected chi connectivity index (χ0v) is 21.8. The Morgan fingerprint density at radius 3 is 1.86 bits per heavy atom. The number of benzene rings is 5. The van der Waals surface area contributed by atoms with E-state index in [1.807, 2.05) is 0 Å². The molecule has 0 unspecified atom stereocenters. The van der Waals surface area contributed by atoms with E-state index in [1.165, 1.54) is 72.0 Å². The van der Waals surface area contributed by atoms with E-state index in [2.05, 4.69) is 135 Å². The summed E-state index contributed by atoms with van der Waals surface area (Å²) in [5.74, 6) is 0. The molecule has 0 bridgehead atoms. The zero-order chi connectivity index (χ0) is 25.1. The van der Waals surface area contributed by atoms with Crippen LogP contribution in [-0.4, -0.2) is 4.57 Å². The van der Waals surface area contributed by atoms with Crippen molar-refractivity contribution in [1.29, 1.82) is 0 Å². The lowest BCUT2D eigenvalue weighted by molar-refractivity contribution is 0.601. The fourth-order valence-electron chi connectivity index (χ4n) is 7.49. The lowest BCUT2D eigenvalue weighted by atomic mass is 9.72. The van der Waals surface area contributed by atoms with Crippen LogP contribution < -0.4 is 0 Å². The van der Waals surface area contributed by atoms with Crippen LogP contribution in [-0.2, 0) is 10.8 Å². The van der Waals surface area contributed by atoms with Gasteiger partial charge in [0.05, 0.1) is 11.0 Å². The Morgan fingerprint density at radius 1 is 0.459 bits per heavy atom.